The van der Waals surface area contributed by atoms with E-state index in [1.54, 1.807) is 0 Å². The van der Waals surface area contributed by atoms with Gasteiger partial charge in [-0.15, -0.1) is 0 Å². The first-order chi connectivity index (χ1) is 10.2. The smallest absolute Gasteiger partial charge is 0.410 e. The molecule has 0 bridgehead atoms. The van der Waals surface area contributed by atoms with Crippen LogP contribution in [0.25, 0.3) is 0 Å². The number of carbonyl (C=O) groups excluding carboxylic acids is 1. The van der Waals surface area contributed by atoms with Gasteiger partial charge in [-0.05, 0) is 43.4 Å². The number of hydrogen-bond acceptors (Lipinski definition) is 3. The molecule has 1 aliphatic carbocycles. The molecule has 122 valence electrons. The van der Waals surface area contributed by atoms with Crippen molar-refractivity contribution in [3.63, 3.8) is 0 Å². The Morgan fingerprint density at radius 1 is 1.36 bits per heavy atom. The van der Waals surface area contributed by atoms with Crippen molar-refractivity contribution in [2.75, 3.05) is 13.1 Å². The average Bonchev–Trinajstić information content (AvgIpc) is 2.74. The van der Waals surface area contributed by atoms with E-state index in [0.29, 0.717) is 23.8 Å². The third kappa shape index (κ3) is 2.98. The number of amides is 1. The van der Waals surface area contributed by atoms with Gasteiger partial charge in [0.25, 0.3) is 0 Å². The number of likely N-dealkylation sites (tertiary alicyclic amines) is 1. The minimum atomic E-state index is -0.422. The standard InChI is InChI=1S/C16H24IN3O2/c1-9(2)14-18-12(17)8-20(14)13-10-6-19(7-11(10)13)15(21)22-16(3,4)5/h8-11,13H,6-7H2,1-5H3. The summed E-state index contributed by atoms with van der Waals surface area (Å²) in [6.07, 6.45) is 1.97. The molecule has 5 nitrogen and oxygen atoms in total. The van der Waals surface area contributed by atoms with Crippen LogP contribution in [-0.2, 0) is 4.74 Å². The van der Waals surface area contributed by atoms with E-state index in [2.05, 4.69) is 52.2 Å². The maximum absolute atomic E-state index is 12.1. The number of hydrogen-bond donors (Lipinski definition) is 0. The number of rotatable bonds is 2. The van der Waals surface area contributed by atoms with Gasteiger partial charge in [0.2, 0.25) is 0 Å². The topological polar surface area (TPSA) is 47.4 Å². The first-order valence-corrected chi connectivity index (χ1v) is 8.97. The third-order valence-corrected chi connectivity index (χ3v) is 4.89. The number of nitrogens with zero attached hydrogens (tertiary/aromatic N) is 3. The maximum Gasteiger partial charge on any atom is 0.410 e. The molecule has 1 saturated carbocycles. The van der Waals surface area contributed by atoms with Gasteiger partial charge in [0, 0.05) is 43.1 Å². The minimum absolute atomic E-state index is 0.178. The van der Waals surface area contributed by atoms with Gasteiger partial charge in [-0.25, -0.2) is 9.78 Å². The molecule has 6 heteroatoms. The van der Waals surface area contributed by atoms with Crippen LogP contribution in [0.1, 0.15) is 52.4 Å². The SMILES string of the molecule is CC(C)c1nc(I)cn1C1C2CN(C(=O)OC(C)(C)C)CC21. The van der Waals surface area contributed by atoms with E-state index in [9.17, 15) is 4.79 Å². The van der Waals surface area contributed by atoms with Gasteiger partial charge in [-0.2, -0.15) is 0 Å². The second kappa shape index (κ2) is 5.39. The molecule has 2 fully saturated rings. The Hall–Kier alpha value is -0.790. The second-order valence-electron chi connectivity index (χ2n) is 7.69. The number of fused-ring (bicyclic) bond motifs is 1. The van der Waals surface area contributed by atoms with E-state index in [-0.39, 0.29) is 6.09 Å². The first kappa shape index (κ1) is 16.1. The Labute approximate surface area is 145 Å². The van der Waals surface area contributed by atoms with Crippen molar-refractivity contribution in [3.8, 4) is 0 Å². The predicted octanol–water partition coefficient (Wildman–Crippen LogP) is 3.65. The number of halogens is 1. The van der Waals surface area contributed by atoms with Crippen molar-refractivity contribution in [3.05, 3.63) is 15.7 Å². The molecule has 0 spiro atoms. The minimum Gasteiger partial charge on any atom is -0.444 e. The quantitative estimate of drug-likeness (QED) is 0.691. The van der Waals surface area contributed by atoms with Crippen LogP contribution in [0.2, 0.25) is 0 Å². The molecule has 1 aliphatic heterocycles. The summed E-state index contributed by atoms with van der Waals surface area (Å²) >= 11 is 2.28. The lowest BCUT2D eigenvalue weighted by Gasteiger charge is -2.26. The number of carbonyl (C=O) groups is 1. The van der Waals surface area contributed by atoms with Gasteiger partial charge in [0.1, 0.15) is 15.1 Å². The van der Waals surface area contributed by atoms with Crippen molar-refractivity contribution < 1.29 is 9.53 Å². The zero-order chi connectivity index (χ0) is 16.2. The maximum atomic E-state index is 12.1. The molecule has 1 saturated heterocycles. The van der Waals surface area contributed by atoms with E-state index in [1.165, 1.54) is 0 Å². The fraction of sp³-hybridized carbons (Fsp3) is 0.750. The van der Waals surface area contributed by atoms with Crippen LogP contribution in [0.5, 0.6) is 0 Å². The highest BCUT2D eigenvalue weighted by atomic mass is 127. The highest BCUT2D eigenvalue weighted by molar-refractivity contribution is 14.1. The monoisotopic (exact) mass is 417 g/mol. The Morgan fingerprint density at radius 2 is 1.95 bits per heavy atom. The summed E-state index contributed by atoms with van der Waals surface area (Å²) < 4.78 is 8.86. The van der Waals surface area contributed by atoms with Crippen LogP contribution in [0.3, 0.4) is 0 Å². The van der Waals surface area contributed by atoms with E-state index in [4.69, 9.17) is 4.74 Å². The van der Waals surface area contributed by atoms with E-state index >= 15 is 0 Å². The van der Waals surface area contributed by atoms with Crippen LogP contribution >= 0.6 is 22.6 Å². The summed E-state index contributed by atoms with van der Waals surface area (Å²) in [5, 5.41) is 0. The normalized spacial score (nSPS) is 27.2. The van der Waals surface area contributed by atoms with Crippen LogP contribution in [0.4, 0.5) is 4.79 Å². The zero-order valence-electron chi connectivity index (χ0n) is 13.8. The molecular formula is C16H24IN3O2. The highest BCUT2D eigenvalue weighted by Gasteiger charge is 2.58. The summed E-state index contributed by atoms with van der Waals surface area (Å²) in [4.78, 5) is 18.6. The van der Waals surface area contributed by atoms with Crippen LogP contribution in [-0.4, -0.2) is 39.2 Å². The molecule has 22 heavy (non-hydrogen) atoms. The van der Waals surface area contributed by atoms with Crippen molar-refractivity contribution in [2.45, 2.75) is 52.2 Å². The van der Waals surface area contributed by atoms with Gasteiger partial charge in [-0.1, -0.05) is 13.8 Å². The summed E-state index contributed by atoms with van der Waals surface area (Å²) in [6, 6.07) is 0.507. The third-order valence-electron chi connectivity index (χ3n) is 4.37. The lowest BCUT2D eigenvalue weighted by Crippen LogP contribution is -2.37. The summed E-state index contributed by atoms with van der Waals surface area (Å²) in [5.41, 5.74) is -0.422. The number of ether oxygens (including phenoxy) is 1. The predicted molar refractivity (Wildman–Crippen MR) is 92.9 cm³/mol. The fourth-order valence-electron chi connectivity index (χ4n) is 3.43. The van der Waals surface area contributed by atoms with E-state index in [1.807, 2.05) is 25.7 Å². The molecule has 0 N–H and O–H groups in total. The highest BCUT2D eigenvalue weighted by Crippen LogP contribution is 2.56. The Morgan fingerprint density at radius 3 is 2.45 bits per heavy atom. The Balaban J connectivity index is 1.65. The second-order valence-corrected chi connectivity index (χ2v) is 8.79. The number of aromatic nitrogens is 2. The lowest BCUT2D eigenvalue weighted by molar-refractivity contribution is 0.0266. The van der Waals surface area contributed by atoms with Gasteiger partial charge in [-0.3, -0.25) is 0 Å². The molecule has 2 aliphatic rings. The Kier molecular flexibility index (Phi) is 3.94. The number of piperidine rings is 1. The molecule has 1 aromatic heterocycles. The largest absolute Gasteiger partial charge is 0.444 e. The molecule has 2 heterocycles. The van der Waals surface area contributed by atoms with Gasteiger partial charge < -0.3 is 14.2 Å². The van der Waals surface area contributed by atoms with Gasteiger partial charge >= 0.3 is 6.09 Å². The molecule has 2 atom stereocenters. The van der Waals surface area contributed by atoms with Crippen molar-refractivity contribution in [1.82, 2.24) is 14.5 Å². The summed E-state index contributed by atoms with van der Waals surface area (Å²) in [7, 11) is 0. The van der Waals surface area contributed by atoms with Crippen molar-refractivity contribution in [2.24, 2.45) is 11.8 Å². The molecule has 1 aromatic rings. The molecule has 0 aromatic carbocycles. The lowest BCUT2D eigenvalue weighted by atomic mass is 10.2. The molecular weight excluding hydrogens is 393 g/mol. The molecule has 2 unspecified atom stereocenters. The Bertz CT molecular complexity index is 579. The summed E-state index contributed by atoms with van der Waals surface area (Å²) in [5.74, 6) is 2.68. The number of imidazole rings is 1. The average molecular weight is 417 g/mol. The zero-order valence-corrected chi connectivity index (χ0v) is 16.0. The van der Waals surface area contributed by atoms with Gasteiger partial charge in [0.05, 0.1) is 0 Å². The van der Waals surface area contributed by atoms with E-state index < -0.39 is 5.60 Å². The molecule has 1 amide bonds. The summed E-state index contributed by atoms with van der Waals surface area (Å²) in [6.45, 7) is 11.7. The molecule has 0 radical (unpaired) electrons. The fourth-order valence-corrected chi connectivity index (χ4v) is 3.97. The van der Waals surface area contributed by atoms with Crippen molar-refractivity contribution >= 4 is 28.7 Å². The van der Waals surface area contributed by atoms with Crippen LogP contribution in [0.15, 0.2) is 6.20 Å². The first-order valence-electron chi connectivity index (χ1n) is 7.89. The van der Waals surface area contributed by atoms with Crippen molar-refractivity contribution in [1.29, 1.82) is 0 Å². The molecule has 3 rings (SSSR count). The van der Waals surface area contributed by atoms with E-state index in [0.717, 1.165) is 22.6 Å². The van der Waals surface area contributed by atoms with Crippen LogP contribution < -0.4 is 0 Å². The van der Waals surface area contributed by atoms with Gasteiger partial charge in [0.15, 0.2) is 0 Å². The van der Waals surface area contributed by atoms with Crippen LogP contribution in [0, 0.1) is 15.5 Å².